The van der Waals surface area contributed by atoms with E-state index in [2.05, 4.69) is 17.0 Å². The molecule has 3 rings (SSSR count). The van der Waals surface area contributed by atoms with Crippen molar-refractivity contribution in [3.63, 3.8) is 0 Å². The van der Waals surface area contributed by atoms with Gasteiger partial charge in [-0.05, 0) is 34.5 Å². The molecule has 6 heteroatoms. The van der Waals surface area contributed by atoms with Gasteiger partial charge in [0.05, 0.1) is 12.1 Å². The predicted octanol–water partition coefficient (Wildman–Crippen LogP) is 4.58. The number of benzene rings is 2. The van der Waals surface area contributed by atoms with Gasteiger partial charge in [0.15, 0.2) is 5.82 Å². The fourth-order valence-corrected chi connectivity index (χ4v) is 3.27. The molecular weight excluding hydrogens is 370 g/mol. The van der Waals surface area contributed by atoms with Gasteiger partial charge in [0.25, 0.3) is 0 Å². The first-order chi connectivity index (χ1) is 13.6. The third-order valence-electron chi connectivity index (χ3n) is 4.57. The summed E-state index contributed by atoms with van der Waals surface area (Å²) in [5.74, 6) is 0.816. The second-order valence-corrected chi connectivity index (χ2v) is 6.96. The second kappa shape index (κ2) is 9.37. The van der Waals surface area contributed by atoms with Crippen LogP contribution in [0.2, 0.25) is 0 Å². The fraction of sp³-hybridized carbons (Fsp3) is 0.273. The smallest absolute Gasteiger partial charge is 0.336 e. The third-order valence-corrected chi connectivity index (χ3v) is 4.73. The van der Waals surface area contributed by atoms with Crippen molar-refractivity contribution in [1.82, 2.24) is 14.8 Å². The number of aromatic carboxylic acids is 1. The van der Waals surface area contributed by atoms with Crippen molar-refractivity contribution >= 4 is 23.6 Å². The highest BCUT2D eigenvalue weighted by atomic mass is 32.1. The number of hydrogen-bond acceptors (Lipinski definition) is 4. The lowest BCUT2D eigenvalue weighted by molar-refractivity contribution is 0.0697. The van der Waals surface area contributed by atoms with Crippen molar-refractivity contribution in [3.8, 4) is 11.1 Å². The van der Waals surface area contributed by atoms with E-state index >= 15 is 0 Å². The molecule has 0 saturated carbocycles. The fourth-order valence-electron chi connectivity index (χ4n) is 3.12. The van der Waals surface area contributed by atoms with Gasteiger partial charge in [-0.1, -0.05) is 68.0 Å². The van der Waals surface area contributed by atoms with E-state index in [-0.39, 0.29) is 0 Å². The number of carboxylic acids is 1. The third kappa shape index (κ3) is 4.70. The minimum absolute atomic E-state index is 0.304. The summed E-state index contributed by atoms with van der Waals surface area (Å²) in [7, 11) is 0. The Hall–Kier alpha value is -2.86. The number of thiocarbonyl (C=S) groups is 1. The lowest BCUT2D eigenvalue weighted by Crippen LogP contribution is -2.07. The number of carbonyl (C=O) groups is 1. The Kier molecular flexibility index (Phi) is 6.66. The molecule has 0 amide bonds. The van der Waals surface area contributed by atoms with Gasteiger partial charge in [-0.15, -0.1) is 0 Å². The van der Waals surface area contributed by atoms with E-state index in [9.17, 15) is 9.90 Å². The number of hydrogen-bond donors (Lipinski definition) is 1. The molecule has 0 atom stereocenters. The van der Waals surface area contributed by atoms with E-state index in [4.69, 9.17) is 12.2 Å². The molecule has 0 spiro atoms. The first-order valence-corrected chi connectivity index (χ1v) is 9.87. The van der Waals surface area contributed by atoms with Gasteiger partial charge < -0.3 is 5.11 Å². The molecule has 2 aromatic carbocycles. The van der Waals surface area contributed by atoms with E-state index in [1.54, 1.807) is 17.5 Å². The molecule has 1 aromatic heterocycles. The summed E-state index contributed by atoms with van der Waals surface area (Å²) in [6.07, 6.45) is 3.66. The van der Waals surface area contributed by atoms with Crippen LogP contribution in [0.1, 0.15) is 47.3 Å². The largest absolute Gasteiger partial charge is 0.478 e. The maximum absolute atomic E-state index is 11.5. The van der Waals surface area contributed by atoms with Crippen molar-refractivity contribution in [2.75, 3.05) is 0 Å². The Bertz CT molecular complexity index is 964. The summed E-state index contributed by atoms with van der Waals surface area (Å²) in [4.78, 5) is 16.1. The molecule has 28 heavy (non-hydrogen) atoms. The highest BCUT2D eigenvalue weighted by Gasteiger charge is 2.12. The summed E-state index contributed by atoms with van der Waals surface area (Å²) in [5.41, 5.74) is 2.99. The molecule has 0 bridgehead atoms. The summed E-state index contributed by atoms with van der Waals surface area (Å²) < 4.78 is 1.95. The normalized spacial score (nSPS) is 10.8. The van der Waals surface area contributed by atoms with Crippen LogP contribution >= 0.6 is 12.2 Å². The van der Waals surface area contributed by atoms with E-state index in [1.807, 2.05) is 41.1 Å². The van der Waals surface area contributed by atoms with Crippen LogP contribution in [0.4, 0.5) is 0 Å². The summed E-state index contributed by atoms with van der Waals surface area (Å²) in [6.45, 7) is 2.79. The predicted molar refractivity (Wildman–Crippen MR) is 114 cm³/mol. The van der Waals surface area contributed by atoms with E-state index < -0.39 is 5.97 Å². The molecule has 0 aliphatic heterocycles. The van der Waals surface area contributed by atoms with Crippen molar-refractivity contribution in [1.29, 1.82) is 0 Å². The van der Waals surface area contributed by atoms with Gasteiger partial charge in [0, 0.05) is 12.8 Å². The van der Waals surface area contributed by atoms with Crippen LogP contribution in [0.15, 0.2) is 48.5 Å². The molecule has 1 heterocycles. The number of carboxylic acid groups (broad SMARTS) is 1. The number of rotatable bonds is 9. The van der Waals surface area contributed by atoms with Crippen LogP contribution < -0.4 is 0 Å². The Morgan fingerprint density at radius 2 is 1.93 bits per heavy atom. The Labute approximate surface area is 170 Å². The average molecular weight is 394 g/mol. The summed E-state index contributed by atoms with van der Waals surface area (Å²) in [6, 6.07) is 15.0. The maximum atomic E-state index is 11.5. The zero-order valence-electron chi connectivity index (χ0n) is 15.8. The Morgan fingerprint density at radius 1 is 1.18 bits per heavy atom. The van der Waals surface area contributed by atoms with Crippen LogP contribution in [-0.4, -0.2) is 31.2 Å². The van der Waals surface area contributed by atoms with Crippen LogP contribution in [0.3, 0.4) is 0 Å². The lowest BCUT2D eigenvalue weighted by Gasteiger charge is -2.09. The molecule has 0 radical (unpaired) electrons. The topological polar surface area (TPSA) is 68.0 Å². The number of nitrogens with zero attached hydrogens (tertiary/aromatic N) is 3. The minimum Gasteiger partial charge on any atom is -0.478 e. The molecular formula is C22H23N3O2S. The average Bonchev–Trinajstić information content (AvgIpc) is 3.08. The summed E-state index contributed by atoms with van der Waals surface area (Å²) in [5, 5.41) is 15.6. The quantitative estimate of drug-likeness (QED) is 0.539. The first-order valence-electron chi connectivity index (χ1n) is 9.40. The molecule has 0 saturated heterocycles. The second-order valence-electron chi connectivity index (χ2n) is 6.62. The van der Waals surface area contributed by atoms with Gasteiger partial charge in [-0.3, -0.25) is 0 Å². The molecule has 0 fully saturated rings. The zero-order chi connectivity index (χ0) is 19.9. The summed E-state index contributed by atoms with van der Waals surface area (Å²) >= 11 is 4.94. The minimum atomic E-state index is -0.922. The maximum Gasteiger partial charge on any atom is 0.336 e. The molecule has 0 aliphatic rings. The van der Waals surface area contributed by atoms with Gasteiger partial charge in [-0.25, -0.2) is 14.5 Å². The SMILES string of the molecule is CCCCc1nc(CC=S)nn1Cc1ccc(-c2ccccc2C(=O)O)cc1. The van der Waals surface area contributed by atoms with Gasteiger partial charge >= 0.3 is 5.97 Å². The van der Waals surface area contributed by atoms with Crippen molar-refractivity contribution in [2.45, 2.75) is 39.2 Å². The molecule has 144 valence electrons. The van der Waals surface area contributed by atoms with Crippen LogP contribution in [0.25, 0.3) is 11.1 Å². The molecule has 0 unspecified atom stereocenters. The van der Waals surface area contributed by atoms with Gasteiger partial charge in [0.2, 0.25) is 0 Å². The highest BCUT2D eigenvalue weighted by molar-refractivity contribution is 7.78. The molecule has 3 aromatic rings. The van der Waals surface area contributed by atoms with Crippen molar-refractivity contribution < 1.29 is 9.90 Å². The van der Waals surface area contributed by atoms with Crippen molar-refractivity contribution in [3.05, 3.63) is 71.3 Å². The monoisotopic (exact) mass is 393 g/mol. The van der Waals surface area contributed by atoms with Crippen LogP contribution in [-0.2, 0) is 19.4 Å². The zero-order valence-corrected chi connectivity index (χ0v) is 16.7. The molecule has 5 nitrogen and oxygen atoms in total. The molecule has 0 aliphatic carbocycles. The Morgan fingerprint density at radius 3 is 2.61 bits per heavy atom. The number of unbranched alkanes of at least 4 members (excludes halogenated alkanes) is 1. The van der Waals surface area contributed by atoms with E-state index in [0.717, 1.165) is 42.0 Å². The van der Waals surface area contributed by atoms with E-state index in [1.165, 1.54) is 0 Å². The number of aromatic nitrogens is 3. The molecule has 1 N–H and O–H groups in total. The lowest BCUT2D eigenvalue weighted by atomic mass is 9.99. The number of aryl methyl sites for hydroxylation is 1. The Balaban J connectivity index is 1.83. The van der Waals surface area contributed by atoms with Crippen LogP contribution in [0, 0.1) is 0 Å². The first kappa shape index (κ1) is 19.9. The standard InChI is InChI=1S/C22H23N3O2S/c1-2-3-8-21-23-20(13-14-28)24-25(21)15-16-9-11-17(12-10-16)18-6-4-5-7-19(18)22(26)27/h4-7,9-12,14H,2-3,8,13,15H2,1H3,(H,26,27). The highest BCUT2D eigenvalue weighted by Crippen LogP contribution is 2.24. The van der Waals surface area contributed by atoms with E-state index in [0.29, 0.717) is 24.1 Å². The van der Waals surface area contributed by atoms with Crippen molar-refractivity contribution in [2.24, 2.45) is 0 Å². The van der Waals surface area contributed by atoms with Crippen LogP contribution in [0.5, 0.6) is 0 Å². The van der Waals surface area contributed by atoms with Gasteiger partial charge in [0.1, 0.15) is 5.82 Å². The van der Waals surface area contributed by atoms with Gasteiger partial charge in [-0.2, -0.15) is 5.10 Å².